The highest BCUT2D eigenvalue weighted by atomic mass is 35.5. The molecule has 41 heavy (non-hydrogen) atoms. The van der Waals surface area contributed by atoms with Gasteiger partial charge in [-0.2, -0.15) is 0 Å². The van der Waals surface area contributed by atoms with E-state index in [0.717, 1.165) is 5.56 Å². The van der Waals surface area contributed by atoms with E-state index in [0.29, 0.717) is 21.8 Å². The predicted molar refractivity (Wildman–Crippen MR) is 156 cm³/mol. The average molecular weight is 568 g/mol. The zero-order chi connectivity index (χ0) is 29.0. The van der Waals surface area contributed by atoms with Gasteiger partial charge in [0.25, 0.3) is 11.4 Å². The third-order valence-corrected chi connectivity index (χ3v) is 6.76. The van der Waals surface area contributed by atoms with Crippen LogP contribution in [0.2, 0.25) is 5.02 Å². The van der Waals surface area contributed by atoms with Gasteiger partial charge in [0.15, 0.2) is 6.23 Å². The van der Waals surface area contributed by atoms with E-state index in [1.807, 2.05) is 18.2 Å². The molecule has 0 fully saturated rings. The van der Waals surface area contributed by atoms with E-state index < -0.39 is 29.6 Å². The molecule has 206 valence electrons. The van der Waals surface area contributed by atoms with Crippen molar-refractivity contribution in [3.8, 4) is 11.8 Å². The Morgan fingerprint density at radius 2 is 1.63 bits per heavy atom. The van der Waals surface area contributed by atoms with Crippen LogP contribution in [0.1, 0.15) is 30.5 Å². The molecule has 8 heteroatoms. The lowest BCUT2D eigenvalue weighted by molar-refractivity contribution is -0.166. The van der Waals surface area contributed by atoms with Crippen molar-refractivity contribution in [1.82, 2.24) is 0 Å². The highest BCUT2D eigenvalue weighted by molar-refractivity contribution is 6.44. The van der Waals surface area contributed by atoms with Gasteiger partial charge in [0.2, 0.25) is 0 Å². The minimum absolute atomic E-state index is 0.00986. The summed E-state index contributed by atoms with van der Waals surface area (Å²) in [5.74, 6) is 2.76. The number of carbonyl (C=O) groups is 3. The van der Waals surface area contributed by atoms with Crippen LogP contribution in [0.15, 0.2) is 90.5 Å². The molecule has 0 aromatic heterocycles. The summed E-state index contributed by atoms with van der Waals surface area (Å²) in [6.45, 7) is 3.18. The molecule has 2 atom stereocenters. The van der Waals surface area contributed by atoms with Crippen molar-refractivity contribution in [2.24, 2.45) is 0 Å². The van der Waals surface area contributed by atoms with Crippen LogP contribution in [0.4, 0.5) is 5.69 Å². The number of hydrogen-bond donors (Lipinski definition) is 0. The Labute approximate surface area is 243 Å². The Hall–Kier alpha value is -4.64. The summed E-state index contributed by atoms with van der Waals surface area (Å²) < 4.78 is 17.1. The number of ketones is 1. The standard InChI is InChI=1S/C33H26ClNO6/c1-3-39-31(37)30(36)28-29(23-13-9-6-10-14-23)35-26-17-16-25(34)21-24(26)15-18-27(35)41-33(28,32(38)40-4-2)20-19-22-11-7-5-8-12-22/h5-18,21,27H,3-4H2,1-2H3. The number of benzene rings is 3. The van der Waals surface area contributed by atoms with Gasteiger partial charge in [0, 0.05) is 10.6 Å². The third-order valence-electron chi connectivity index (χ3n) is 6.53. The van der Waals surface area contributed by atoms with E-state index in [1.165, 1.54) is 0 Å². The second-order valence-corrected chi connectivity index (χ2v) is 9.53. The normalized spacial score (nSPS) is 18.9. The maximum Gasteiger partial charge on any atom is 0.379 e. The Morgan fingerprint density at radius 1 is 0.951 bits per heavy atom. The number of ether oxygens (including phenoxy) is 3. The fourth-order valence-corrected chi connectivity index (χ4v) is 4.99. The summed E-state index contributed by atoms with van der Waals surface area (Å²) in [5, 5.41) is 0.521. The fourth-order valence-electron chi connectivity index (χ4n) is 4.81. The number of halogens is 1. The molecule has 0 bridgehead atoms. The topological polar surface area (TPSA) is 82.1 Å². The largest absolute Gasteiger partial charge is 0.463 e. The second kappa shape index (κ2) is 11.8. The molecule has 2 heterocycles. The molecular formula is C33H26ClNO6. The van der Waals surface area contributed by atoms with Crippen LogP contribution < -0.4 is 4.90 Å². The lowest BCUT2D eigenvalue weighted by Crippen LogP contribution is -2.58. The zero-order valence-corrected chi connectivity index (χ0v) is 23.2. The molecule has 3 aromatic carbocycles. The maximum absolute atomic E-state index is 14.1. The first kappa shape index (κ1) is 27.9. The van der Waals surface area contributed by atoms with Gasteiger partial charge in [-0.15, -0.1) is 0 Å². The van der Waals surface area contributed by atoms with E-state index in [1.54, 1.807) is 91.6 Å². The molecule has 0 N–H and O–H groups in total. The number of esters is 2. The molecule has 5 rings (SSSR count). The van der Waals surface area contributed by atoms with E-state index in [4.69, 9.17) is 25.8 Å². The highest BCUT2D eigenvalue weighted by Gasteiger charge is 2.57. The molecule has 0 radical (unpaired) electrons. The number of rotatable bonds is 6. The molecule has 0 spiro atoms. The number of Topliss-reactive ketones (excluding diaryl/α,β-unsaturated/α-hetero) is 1. The fraction of sp³-hybridized carbons (Fsp3) is 0.182. The smallest absolute Gasteiger partial charge is 0.379 e. The molecule has 0 saturated carbocycles. The molecular weight excluding hydrogens is 542 g/mol. The van der Waals surface area contributed by atoms with E-state index in [-0.39, 0.29) is 24.5 Å². The summed E-state index contributed by atoms with van der Waals surface area (Å²) in [6, 6.07) is 23.2. The van der Waals surface area contributed by atoms with Crippen molar-refractivity contribution in [3.05, 3.63) is 112 Å². The van der Waals surface area contributed by atoms with Gasteiger partial charge in [0.05, 0.1) is 30.2 Å². The molecule has 0 saturated heterocycles. The molecule has 0 aliphatic carbocycles. The zero-order valence-electron chi connectivity index (χ0n) is 22.4. The minimum Gasteiger partial charge on any atom is -0.463 e. The average Bonchev–Trinajstić information content (AvgIpc) is 2.99. The van der Waals surface area contributed by atoms with Gasteiger partial charge in [-0.05, 0) is 67.3 Å². The lowest BCUT2D eigenvalue weighted by atomic mass is 9.83. The quantitative estimate of drug-likeness (QED) is 0.223. The Bertz CT molecular complexity index is 1620. The number of anilines is 1. The Morgan fingerprint density at radius 3 is 2.32 bits per heavy atom. The summed E-state index contributed by atoms with van der Waals surface area (Å²) in [7, 11) is 0. The van der Waals surface area contributed by atoms with Gasteiger partial charge in [-0.3, -0.25) is 4.79 Å². The summed E-state index contributed by atoms with van der Waals surface area (Å²) in [5.41, 5.74) is 0.247. The number of nitrogens with zero attached hydrogens (tertiary/aromatic N) is 1. The van der Waals surface area contributed by atoms with Gasteiger partial charge in [-0.1, -0.05) is 72.1 Å². The van der Waals surface area contributed by atoms with E-state index in [2.05, 4.69) is 11.8 Å². The summed E-state index contributed by atoms with van der Waals surface area (Å²) in [4.78, 5) is 42.9. The van der Waals surface area contributed by atoms with Gasteiger partial charge in [-0.25, -0.2) is 9.59 Å². The molecule has 2 unspecified atom stereocenters. The van der Waals surface area contributed by atoms with Crippen molar-refractivity contribution in [3.63, 3.8) is 0 Å². The van der Waals surface area contributed by atoms with Crippen LogP contribution in [0.5, 0.6) is 0 Å². The third kappa shape index (κ3) is 5.28. The summed E-state index contributed by atoms with van der Waals surface area (Å²) in [6.07, 6.45) is 2.67. The van der Waals surface area contributed by atoms with Gasteiger partial charge in [0.1, 0.15) is 0 Å². The predicted octanol–water partition coefficient (Wildman–Crippen LogP) is 5.43. The lowest BCUT2D eigenvalue weighted by Gasteiger charge is -2.46. The van der Waals surface area contributed by atoms with Gasteiger partial charge < -0.3 is 19.1 Å². The maximum atomic E-state index is 14.1. The molecule has 7 nitrogen and oxygen atoms in total. The van der Waals surface area contributed by atoms with Crippen LogP contribution in [-0.4, -0.2) is 42.8 Å². The van der Waals surface area contributed by atoms with Crippen LogP contribution in [0, 0.1) is 11.8 Å². The first-order valence-electron chi connectivity index (χ1n) is 13.1. The van der Waals surface area contributed by atoms with Crippen molar-refractivity contribution in [2.75, 3.05) is 18.1 Å². The van der Waals surface area contributed by atoms with Crippen LogP contribution >= 0.6 is 11.6 Å². The molecule has 2 aliphatic rings. The van der Waals surface area contributed by atoms with Gasteiger partial charge >= 0.3 is 11.9 Å². The minimum atomic E-state index is -2.27. The highest BCUT2D eigenvalue weighted by Crippen LogP contribution is 2.46. The number of carbonyl (C=O) groups excluding carboxylic acids is 3. The van der Waals surface area contributed by atoms with E-state index in [9.17, 15) is 14.4 Å². The Kier molecular flexibility index (Phi) is 8.06. The van der Waals surface area contributed by atoms with Crippen molar-refractivity contribution in [2.45, 2.75) is 25.7 Å². The molecule has 0 amide bonds. The van der Waals surface area contributed by atoms with Crippen molar-refractivity contribution >= 4 is 46.8 Å². The van der Waals surface area contributed by atoms with Crippen LogP contribution in [0.25, 0.3) is 11.8 Å². The molecule has 2 aliphatic heterocycles. The first-order chi connectivity index (χ1) is 19.9. The van der Waals surface area contributed by atoms with E-state index >= 15 is 0 Å². The molecule has 3 aromatic rings. The SMILES string of the molecule is CCOC(=O)C(=O)C1=C(c2ccccc2)N2c3ccc(Cl)cc3C=CC2OC1(C#Cc1ccccc1)C(=O)OCC. The van der Waals surface area contributed by atoms with Crippen molar-refractivity contribution < 1.29 is 28.6 Å². The number of hydrogen-bond acceptors (Lipinski definition) is 7. The first-order valence-corrected chi connectivity index (χ1v) is 13.5. The Balaban J connectivity index is 1.89. The monoisotopic (exact) mass is 567 g/mol. The van der Waals surface area contributed by atoms with Crippen LogP contribution in [0.3, 0.4) is 0 Å². The van der Waals surface area contributed by atoms with Crippen LogP contribution in [-0.2, 0) is 28.6 Å². The second-order valence-electron chi connectivity index (χ2n) is 9.10. The summed E-state index contributed by atoms with van der Waals surface area (Å²) >= 11 is 6.29. The number of fused-ring (bicyclic) bond motifs is 3. The van der Waals surface area contributed by atoms with Crippen molar-refractivity contribution in [1.29, 1.82) is 0 Å².